The third-order valence-electron chi connectivity index (χ3n) is 6.40. The van der Waals surface area contributed by atoms with Crippen LogP contribution in [0.4, 0.5) is 0 Å². The van der Waals surface area contributed by atoms with Crippen LogP contribution in [-0.2, 0) is 0 Å². The Morgan fingerprint density at radius 1 is 0.458 bits per heavy atom. The van der Waals surface area contributed by atoms with Crippen molar-refractivity contribution in [2.75, 3.05) is 0 Å². The Labute approximate surface area is 152 Å². The minimum atomic E-state index is 0.284. The van der Waals surface area contributed by atoms with Crippen molar-refractivity contribution in [1.82, 2.24) is 0 Å². The van der Waals surface area contributed by atoms with Crippen LogP contribution in [0.25, 0.3) is 0 Å². The highest BCUT2D eigenvalue weighted by Gasteiger charge is 2.28. The number of benzene rings is 1. The molecule has 0 aliphatic rings. The van der Waals surface area contributed by atoms with Crippen LogP contribution in [0, 0.1) is 16.2 Å². The van der Waals surface area contributed by atoms with Crippen LogP contribution >= 0.6 is 0 Å². The molecule has 0 bridgehead atoms. The third kappa shape index (κ3) is 5.11. The Kier molecular flexibility index (Phi) is 6.07. The second-order valence-corrected chi connectivity index (χ2v) is 11.2. The molecule has 0 heteroatoms. The van der Waals surface area contributed by atoms with Gasteiger partial charge in [-0.25, -0.2) is 0 Å². The Balaban J connectivity index is 3.51. The van der Waals surface area contributed by atoms with Crippen LogP contribution in [0.3, 0.4) is 0 Å². The zero-order valence-electron chi connectivity index (χ0n) is 18.5. The van der Waals surface area contributed by atoms with Gasteiger partial charge in [0.1, 0.15) is 0 Å². The van der Waals surface area contributed by atoms with E-state index < -0.39 is 0 Å². The molecule has 0 nitrogen and oxygen atoms in total. The quantitative estimate of drug-likeness (QED) is 0.524. The maximum absolute atomic E-state index is 2.48. The Morgan fingerprint density at radius 2 is 0.625 bits per heavy atom. The van der Waals surface area contributed by atoms with E-state index in [0.717, 1.165) is 0 Å². The number of hydrogen-bond acceptors (Lipinski definition) is 0. The lowest BCUT2D eigenvalue weighted by Crippen LogP contribution is -2.20. The van der Waals surface area contributed by atoms with Crippen LogP contribution in [0.15, 0.2) is 18.2 Å². The Bertz CT molecular complexity index is 450. The summed E-state index contributed by atoms with van der Waals surface area (Å²) in [4.78, 5) is 0. The highest BCUT2D eigenvalue weighted by atomic mass is 14.3. The summed E-state index contributed by atoms with van der Waals surface area (Å²) in [6.45, 7) is 28.3. The topological polar surface area (TPSA) is 0 Å². The molecular formula is C24H42. The molecule has 24 heavy (non-hydrogen) atoms. The molecule has 0 aliphatic heterocycles. The summed E-state index contributed by atoms with van der Waals surface area (Å²) in [7, 11) is 0. The van der Waals surface area contributed by atoms with Gasteiger partial charge in [-0.1, -0.05) is 101 Å². The zero-order valence-corrected chi connectivity index (χ0v) is 18.5. The predicted molar refractivity (Wildman–Crippen MR) is 110 cm³/mol. The van der Waals surface area contributed by atoms with Crippen molar-refractivity contribution in [3.8, 4) is 0 Å². The standard InChI is InChI=1S/C24H42/c1-16(22(4,5)6)19-13-20(17(2)23(7,8)9)15-21(14-19)18(3)24(10,11)12/h13-18H,1-12H3/t16-,17-,18-/m1/s1. The first-order valence-corrected chi connectivity index (χ1v) is 9.70. The highest BCUT2D eigenvalue weighted by molar-refractivity contribution is 5.37. The van der Waals surface area contributed by atoms with Gasteiger partial charge < -0.3 is 0 Å². The fraction of sp³-hybridized carbons (Fsp3) is 0.750. The molecule has 138 valence electrons. The smallest absolute Gasteiger partial charge is 0.0141 e. The van der Waals surface area contributed by atoms with Gasteiger partial charge in [0.05, 0.1) is 0 Å². The molecule has 0 saturated carbocycles. The van der Waals surface area contributed by atoms with Gasteiger partial charge in [-0.05, 0) is 50.7 Å². The lowest BCUT2D eigenvalue weighted by molar-refractivity contribution is 0.326. The van der Waals surface area contributed by atoms with E-state index in [4.69, 9.17) is 0 Å². The average molecular weight is 331 g/mol. The second kappa shape index (κ2) is 6.85. The molecule has 1 aromatic rings. The molecule has 0 fully saturated rings. The second-order valence-electron chi connectivity index (χ2n) is 11.2. The first kappa shape index (κ1) is 21.3. The summed E-state index contributed by atoms with van der Waals surface area (Å²) in [6, 6.07) is 7.43. The van der Waals surface area contributed by atoms with E-state index in [1.54, 1.807) is 0 Å². The first-order chi connectivity index (χ1) is 10.5. The van der Waals surface area contributed by atoms with Gasteiger partial charge in [-0.3, -0.25) is 0 Å². The molecule has 0 radical (unpaired) electrons. The van der Waals surface area contributed by atoms with Gasteiger partial charge in [0.2, 0.25) is 0 Å². The van der Waals surface area contributed by atoms with Gasteiger partial charge in [0, 0.05) is 0 Å². The molecule has 0 unspecified atom stereocenters. The van der Waals surface area contributed by atoms with E-state index in [1.807, 2.05) is 0 Å². The van der Waals surface area contributed by atoms with E-state index in [9.17, 15) is 0 Å². The molecular weight excluding hydrogens is 288 g/mol. The van der Waals surface area contributed by atoms with Gasteiger partial charge in [0.25, 0.3) is 0 Å². The van der Waals surface area contributed by atoms with Gasteiger partial charge in [-0.15, -0.1) is 0 Å². The summed E-state index contributed by atoms with van der Waals surface area (Å²) in [5.74, 6) is 1.65. The van der Waals surface area contributed by atoms with Crippen LogP contribution < -0.4 is 0 Å². The van der Waals surface area contributed by atoms with Gasteiger partial charge in [0.15, 0.2) is 0 Å². The fourth-order valence-electron chi connectivity index (χ4n) is 2.95. The number of rotatable bonds is 3. The predicted octanol–water partition coefficient (Wildman–Crippen LogP) is 8.14. The monoisotopic (exact) mass is 330 g/mol. The van der Waals surface area contributed by atoms with Crippen molar-refractivity contribution in [2.45, 2.75) is 101 Å². The number of hydrogen-bond donors (Lipinski definition) is 0. The summed E-state index contributed by atoms with van der Waals surface area (Å²) < 4.78 is 0. The molecule has 0 aromatic heterocycles. The lowest BCUT2D eigenvalue weighted by Gasteiger charge is -2.34. The molecule has 0 spiro atoms. The normalized spacial score (nSPS) is 17.5. The summed E-state index contributed by atoms with van der Waals surface area (Å²) in [5.41, 5.74) is 5.36. The van der Waals surface area contributed by atoms with Crippen molar-refractivity contribution in [1.29, 1.82) is 0 Å². The Morgan fingerprint density at radius 3 is 0.750 bits per heavy atom. The molecule has 0 amide bonds. The maximum Gasteiger partial charge on any atom is -0.0141 e. The van der Waals surface area contributed by atoms with Crippen molar-refractivity contribution in [3.63, 3.8) is 0 Å². The largest absolute Gasteiger partial charge is 0.0596 e. The molecule has 0 heterocycles. The summed E-state index contributed by atoms with van der Waals surface area (Å²) >= 11 is 0. The minimum absolute atomic E-state index is 0.284. The molecule has 0 N–H and O–H groups in total. The van der Waals surface area contributed by atoms with Crippen molar-refractivity contribution < 1.29 is 0 Å². The molecule has 1 aromatic carbocycles. The van der Waals surface area contributed by atoms with E-state index in [2.05, 4.69) is 101 Å². The van der Waals surface area contributed by atoms with E-state index in [1.165, 1.54) is 16.7 Å². The van der Waals surface area contributed by atoms with Crippen LogP contribution in [-0.4, -0.2) is 0 Å². The maximum atomic E-state index is 2.48. The lowest BCUT2D eigenvalue weighted by atomic mass is 9.71. The van der Waals surface area contributed by atoms with Crippen molar-refractivity contribution in [2.24, 2.45) is 16.2 Å². The summed E-state index contributed by atoms with van der Waals surface area (Å²) in [5, 5.41) is 0. The van der Waals surface area contributed by atoms with E-state index in [0.29, 0.717) is 17.8 Å². The SMILES string of the molecule is C[C@H](c1cc([C@@H](C)C(C)(C)C)cc([C@@H](C)C(C)(C)C)c1)C(C)(C)C. The molecule has 3 atom stereocenters. The van der Waals surface area contributed by atoms with Crippen molar-refractivity contribution >= 4 is 0 Å². The Hall–Kier alpha value is -0.780. The van der Waals surface area contributed by atoms with Crippen LogP contribution in [0.1, 0.15) is 118 Å². The molecule has 0 saturated heterocycles. The summed E-state index contributed by atoms with van der Waals surface area (Å²) in [6.07, 6.45) is 0. The first-order valence-electron chi connectivity index (χ1n) is 9.70. The zero-order chi connectivity index (χ0) is 19.1. The third-order valence-corrected chi connectivity index (χ3v) is 6.40. The molecule has 1 rings (SSSR count). The van der Waals surface area contributed by atoms with E-state index >= 15 is 0 Å². The van der Waals surface area contributed by atoms with Crippen LogP contribution in [0.2, 0.25) is 0 Å². The van der Waals surface area contributed by atoms with Crippen molar-refractivity contribution in [3.05, 3.63) is 34.9 Å². The van der Waals surface area contributed by atoms with Crippen LogP contribution in [0.5, 0.6) is 0 Å². The minimum Gasteiger partial charge on any atom is -0.0596 e. The fourth-order valence-corrected chi connectivity index (χ4v) is 2.95. The highest BCUT2D eigenvalue weighted by Crippen LogP contribution is 2.42. The van der Waals surface area contributed by atoms with E-state index in [-0.39, 0.29) is 16.2 Å². The van der Waals surface area contributed by atoms with Gasteiger partial charge >= 0.3 is 0 Å². The average Bonchev–Trinajstić information content (AvgIpc) is 2.41. The van der Waals surface area contributed by atoms with Gasteiger partial charge in [-0.2, -0.15) is 0 Å². The molecule has 0 aliphatic carbocycles.